The third-order valence-corrected chi connectivity index (χ3v) is 3.58. The van der Waals surface area contributed by atoms with Gasteiger partial charge in [0.15, 0.2) is 0 Å². The summed E-state index contributed by atoms with van der Waals surface area (Å²) in [7, 11) is 0. The van der Waals surface area contributed by atoms with Crippen molar-refractivity contribution in [1.82, 2.24) is 20.8 Å². The van der Waals surface area contributed by atoms with E-state index >= 15 is 0 Å². The molecule has 3 rings (SSSR count). The number of rotatable bonds is 4. The fourth-order valence-electron chi connectivity index (χ4n) is 2.33. The predicted octanol–water partition coefficient (Wildman–Crippen LogP) is 1.73. The third-order valence-electron chi connectivity index (χ3n) is 3.58. The first kappa shape index (κ1) is 13.8. The van der Waals surface area contributed by atoms with Crippen molar-refractivity contribution in [2.24, 2.45) is 0 Å². The Labute approximate surface area is 122 Å². The lowest BCUT2D eigenvalue weighted by Crippen LogP contribution is -2.24. The van der Waals surface area contributed by atoms with E-state index in [1.807, 2.05) is 31.2 Å². The highest BCUT2D eigenvalue weighted by Gasteiger charge is 2.24. The van der Waals surface area contributed by atoms with Crippen LogP contribution in [0, 0.1) is 6.92 Å². The van der Waals surface area contributed by atoms with E-state index in [4.69, 9.17) is 4.52 Å². The second-order valence-electron chi connectivity index (χ2n) is 5.27. The van der Waals surface area contributed by atoms with Crippen molar-refractivity contribution >= 4 is 5.91 Å². The molecule has 110 valence electrons. The zero-order valence-electron chi connectivity index (χ0n) is 11.9. The molecule has 1 amide bonds. The van der Waals surface area contributed by atoms with E-state index in [1.165, 1.54) is 5.56 Å². The van der Waals surface area contributed by atoms with Gasteiger partial charge in [0.25, 0.3) is 11.7 Å². The maximum absolute atomic E-state index is 12.0. The number of hydrogen-bond acceptors (Lipinski definition) is 5. The van der Waals surface area contributed by atoms with E-state index in [0.717, 1.165) is 24.9 Å². The molecule has 6 heteroatoms. The molecule has 0 radical (unpaired) electrons. The molecule has 2 heterocycles. The number of carbonyl (C=O) groups is 1. The third kappa shape index (κ3) is 3.28. The van der Waals surface area contributed by atoms with E-state index in [-0.39, 0.29) is 17.8 Å². The Morgan fingerprint density at radius 1 is 1.43 bits per heavy atom. The zero-order valence-corrected chi connectivity index (χ0v) is 11.9. The Morgan fingerprint density at radius 3 is 2.95 bits per heavy atom. The van der Waals surface area contributed by atoms with E-state index in [9.17, 15) is 4.79 Å². The van der Waals surface area contributed by atoms with Crippen molar-refractivity contribution in [3.63, 3.8) is 0 Å². The summed E-state index contributed by atoms with van der Waals surface area (Å²) in [5.41, 5.74) is 2.23. The van der Waals surface area contributed by atoms with E-state index in [1.54, 1.807) is 0 Å². The average Bonchev–Trinajstić information content (AvgIpc) is 3.17. The normalized spacial score (nSPS) is 17.9. The first-order valence-electron chi connectivity index (χ1n) is 7.13. The Balaban J connectivity index is 1.59. The van der Waals surface area contributed by atoms with E-state index < -0.39 is 0 Å². The quantitative estimate of drug-likeness (QED) is 0.894. The highest BCUT2D eigenvalue weighted by molar-refractivity contribution is 5.90. The van der Waals surface area contributed by atoms with Crippen LogP contribution in [0.1, 0.15) is 46.5 Å². The second kappa shape index (κ2) is 6.05. The largest absolute Gasteiger partial charge is 0.345 e. The smallest absolute Gasteiger partial charge is 0.292 e. The maximum Gasteiger partial charge on any atom is 0.292 e. The summed E-state index contributed by atoms with van der Waals surface area (Å²) in [4.78, 5) is 16.2. The van der Waals surface area contributed by atoms with Crippen molar-refractivity contribution in [1.29, 1.82) is 0 Å². The molecule has 2 N–H and O–H groups in total. The molecule has 1 saturated heterocycles. The molecule has 1 aromatic heterocycles. The molecule has 1 aliphatic rings. The van der Waals surface area contributed by atoms with Gasteiger partial charge in [-0.25, -0.2) is 0 Å². The summed E-state index contributed by atoms with van der Waals surface area (Å²) in [6.07, 6.45) is 2.05. The molecule has 1 aliphatic heterocycles. The Kier molecular flexibility index (Phi) is 3.96. The van der Waals surface area contributed by atoms with Gasteiger partial charge in [0.1, 0.15) is 0 Å². The van der Waals surface area contributed by atoms with Crippen LogP contribution < -0.4 is 10.6 Å². The Hall–Kier alpha value is -2.21. The van der Waals surface area contributed by atoms with Gasteiger partial charge < -0.3 is 15.2 Å². The van der Waals surface area contributed by atoms with Crippen LogP contribution in [0.15, 0.2) is 28.8 Å². The second-order valence-corrected chi connectivity index (χ2v) is 5.27. The maximum atomic E-state index is 12.0. The van der Waals surface area contributed by atoms with Crippen LogP contribution in [0.5, 0.6) is 0 Å². The molecule has 0 bridgehead atoms. The first-order valence-corrected chi connectivity index (χ1v) is 7.13. The minimum Gasteiger partial charge on any atom is -0.345 e. The van der Waals surface area contributed by atoms with Crippen LogP contribution in [0.4, 0.5) is 0 Å². The number of nitrogens with one attached hydrogen (secondary N) is 2. The molecule has 0 aliphatic carbocycles. The molecule has 0 spiro atoms. The molecule has 21 heavy (non-hydrogen) atoms. The molecule has 1 fully saturated rings. The van der Waals surface area contributed by atoms with Crippen LogP contribution >= 0.6 is 0 Å². The number of hydrogen-bond donors (Lipinski definition) is 2. The Bertz CT molecular complexity index is 615. The lowest BCUT2D eigenvalue weighted by Gasteiger charge is -2.03. The number of amides is 1. The molecule has 0 saturated carbocycles. The van der Waals surface area contributed by atoms with Gasteiger partial charge in [-0.05, 0) is 31.9 Å². The number of carbonyl (C=O) groups excluding carboxylic acids is 1. The summed E-state index contributed by atoms with van der Waals surface area (Å²) in [6, 6.07) is 8.08. The topological polar surface area (TPSA) is 80.0 Å². The monoisotopic (exact) mass is 286 g/mol. The van der Waals surface area contributed by atoms with Gasteiger partial charge in [0.05, 0.1) is 6.04 Å². The predicted molar refractivity (Wildman–Crippen MR) is 76.6 cm³/mol. The number of aryl methyl sites for hydroxylation is 1. The zero-order chi connectivity index (χ0) is 14.7. The van der Waals surface area contributed by atoms with Gasteiger partial charge in [-0.1, -0.05) is 35.0 Å². The highest BCUT2D eigenvalue weighted by Crippen LogP contribution is 2.20. The van der Waals surface area contributed by atoms with Crippen LogP contribution in [-0.4, -0.2) is 22.6 Å². The minimum atomic E-state index is -0.316. The van der Waals surface area contributed by atoms with Crippen LogP contribution in [0.2, 0.25) is 0 Å². The summed E-state index contributed by atoms with van der Waals surface area (Å²) in [6.45, 7) is 3.42. The standard InChI is InChI=1S/C15H18N4O2/c1-10-4-6-11(7-5-10)9-17-14(20)13-18-15(21-19-13)12-3-2-8-16-12/h4-7,12,16H,2-3,8-9H2,1H3,(H,17,20). The molecule has 1 atom stereocenters. The lowest BCUT2D eigenvalue weighted by atomic mass is 10.1. The van der Waals surface area contributed by atoms with Crippen molar-refractivity contribution in [3.05, 3.63) is 47.1 Å². The number of aromatic nitrogens is 2. The Morgan fingerprint density at radius 2 is 2.24 bits per heavy atom. The van der Waals surface area contributed by atoms with Gasteiger partial charge in [-0.2, -0.15) is 4.98 Å². The van der Waals surface area contributed by atoms with Crippen molar-refractivity contribution in [2.45, 2.75) is 32.4 Å². The number of nitrogens with zero attached hydrogens (tertiary/aromatic N) is 2. The SMILES string of the molecule is Cc1ccc(CNC(=O)c2noc(C3CCCN3)n2)cc1. The van der Waals surface area contributed by atoms with Crippen molar-refractivity contribution in [2.75, 3.05) is 6.54 Å². The molecule has 6 nitrogen and oxygen atoms in total. The van der Waals surface area contributed by atoms with Gasteiger partial charge in [-0.15, -0.1) is 0 Å². The van der Waals surface area contributed by atoms with Gasteiger partial charge in [-0.3, -0.25) is 4.79 Å². The summed E-state index contributed by atoms with van der Waals surface area (Å²) >= 11 is 0. The fourth-order valence-corrected chi connectivity index (χ4v) is 2.33. The van der Waals surface area contributed by atoms with Crippen molar-refractivity contribution in [3.8, 4) is 0 Å². The molecular weight excluding hydrogens is 268 g/mol. The number of benzene rings is 1. The van der Waals surface area contributed by atoms with Crippen molar-refractivity contribution < 1.29 is 9.32 Å². The lowest BCUT2D eigenvalue weighted by molar-refractivity contribution is 0.0937. The van der Waals surface area contributed by atoms with E-state index in [0.29, 0.717) is 12.4 Å². The summed E-state index contributed by atoms with van der Waals surface area (Å²) < 4.78 is 5.15. The average molecular weight is 286 g/mol. The minimum absolute atomic E-state index is 0.0798. The first-order chi connectivity index (χ1) is 10.2. The molecule has 2 aromatic rings. The van der Waals surface area contributed by atoms with Crippen LogP contribution in [0.25, 0.3) is 0 Å². The fraction of sp³-hybridized carbons (Fsp3) is 0.400. The van der Waals surface area contributed by atoms with E-state index in [2.05, 4.69) is 20.8 Å². The summed E-state index contributed by atoms with van der Waals surface area (Å²) in [5.74, 6) is 0.266. The van der Waals surface area contributed by atoms with Gasteiger partial charge in [0, 0.05) is 6.54 Å². The molecule has 1 aromatic carbocycles. The van der Waals surface area contributed by atoms with Gasteiger partial charge in [0.2, 0.25) is 5.89 Å². The van der Waals surface area contributed by atoms with Crippen LogP contribution in [0.3, 0.4) is 0 Å². The molecule has 1 unspecified atom stereocenters. The molecular formula is C15H18N4O2. The van der Waals surface area contributed by atoms with Crippen LogP contribution in [-0.2, 0) is 6.54 Å². The highest BCUT2D eigenvalue weighted by atomic mass is 16.5. The summed E-state index contributed by atoms with van der Waals surface area (Å²) in [5, 5.41) is 9.80. The van der Waals surface area contributed by atoms with Gasteiger partial charge >= 0.3 is 0 Å².